The molecule has 21 heavy (non-hydrogen) atoms. The van der Waals surface area contributed by atoms with Gasteiger partial charge in [0.15, 0.2) is 0 Å². The number of rotatable bonds is 3. The maximum absolute atomic E-state index is 12.0. The van der Waals surface area contributed by atoms with Crippen LogP contribution in [0.15, 0.2) is 32.7 Å². The Hall–Kier alpha value is -1.78. The zero-order valence-corrected chi connectivity index (χ0v) is 13.0. The molecule has 0 aromatic heterocycles. The Morgan fingerprint density at radius 2 is 2.10 bits per heavy atom. The van der Waals surface area contributed by atoms with Gasteiger partial charge < -0.3 is 5.32 Å². The van der Waals surface area contributed by atoms with E-state index < -0.39 is 15.9 Å². The largest absolute Gasteiger partial charge is 0.320 e. The monoisotopic (exact) mass is 374 g/mol. The second-order valence-electron chi connectivity index (χ2n) is 4.23. The van der Waals surface area contributed by atoms with Crippen LogP contribution < -0.4 is 15.9 Å². The lowest BCUT2D eigenvalue weighted by Crippen LogP contribution is -2.32. The number of hydrogen-bond acceptors (Lipinski definition) is 5. The van der Waals surface area contributed by atoms with Crippen molar-refractivity contribution in [1.29, 1.82) is 0 Å². The van der Waals surface area contributed by atoms with Gasteiger partial charge in [-0.25, -0.2) is 19.0 Å². The molecule has 1 aromatic carbocycles. The minimum Gasteiger partial charge on any atom is -0.320 e. The minimum atomic E-state index is -3.81. The van der Waals surface area contributed by atoms with Gasteiger partial charge in [-0.3, -0.25) is 9.59 Å². The summed E-state index contributed by atoms with van der Waals surface area (Å²) in [6, 6.07) is 3.97. The van der Waals surface area contributed by atoms with Gasteiger partial charge in [0.25, 0.3) is 5.91 Å². The number of halogens is 1. The zero-order chi connectivity index (χ0) is 15.6. The number of nitrogens with two attached hydrogens (primary N) is 1. The van der Waals surface area contributed by atoms with Crippen molar-refractivity contribution in [3.05, 3.63) is 22.7 Å². The van der Waals surface area contributed by atoms with Gasteiger partial charge in [0.2, 0.25) is 15.9 Å². The molecule has 1 aliphatic heterocycles. The van der Waals surface area contributed by atoms with E-state index in [0.29, 0.717) is 10.2 Å². The number of anilines is 1. The second-order valence-corrected chi connectivity index (χ2v) is 6.65. The quantitative estimate of drug-likeness (QED) is 0.701. The summed E-state index contributed by atoms with van der Waals surface area (Å²) in [7, 11) is -3.81. The molecule has 112 valence electrons. The predicted molar refractivity (Wildman–Crippen MR) is 79.0 cm³/mol. The molecular weight excluding hydrogens is 364 g/mol. The van der Waals surface area contributed by atoms with Gasteiger partial charge in [0.05, 0.1) is 10.6 Å². The SMILES string of the molecule is NS(=O)(=O)c1ccc(NC(=O)C2=NNC(=O)CC2)c(Br)c1. The van der Waals surface area contributed by atoms with Crippen molar-refractivity contribution in [2.24, 2.45) is 10.2 Å². The van der Waals surface area contributed by atoms with E-state index in [1.807, 2.05) is 0 Å². The summed E-state index contributed by atoms with van der Waals surface area (Å²) in [5.41, 5.74) is 2.78. The molecule has 0 bridgehead atoms. The molecule has 0 saturated heterocycles. The van der Waals surface area contributed by atoms with Crippen LogP contribution in [0.25, 0.3) is 0 Å². The maximum Gasteiger partial charge on any atom is 0.271 e. The Labute approximate surface area is 129 Å². The van der Waals surface area contributed by atoms with Crippen LogP contribution in [0.1, 0.15) is 12.8 Å². The molecule has 0 radical (unpaired) electrons. The minimum absolute atomic E-state index is 0.0744. The number of hydrogen-bond donors (Lipinski definition) is 3. The topological polar surface area (TPSA) is 131 Å². The fraction of sp³-hybridized carbons (Fsp3) is 0.182. The summed E-state index contributed by atoms with van der Waals surface area (Å²) in [6.45, 7) is 0. The first-order valence-electron chi connectivity index (χ1n) is 5.76. The van der Waals surface area contributed by atoms with Crippen molar-refractivity contribution >= 4 is 49.2 Å². The molecule has 0 fully saturated rings. The highest BCUT2D eigenvalue weighted by molar-refractivity contribution is 9.10. The van der Waals surface area contributed by atoms with Crippen LogP contribution in [0, 0.1) is 0 Å². The predicted octanol–water partition coefficient (Wildman–Crippen LogP) is 0.301. The fourth-order valence-electron chi connectivity index (χ4n) is 1.61. The summed E-state index contributed by atoms with van der Waals surface area (Å²) in [4.78, 5) is 22.8. The Morgan fingerprint density at radius 1 is 1.38 bits per heavy atom. The average Bonchev–Trinajstić information content (AvgIpc) is 2.40. The van der Waals surface area contributed by atoms with E-state index in [-0.39, 0.29) is 29.4 Å². The van der Waals surface area contributed by atoms with E-state index in [0.717, 1.165) is 0 Å². The molecule has 0 unspecified atom stereocenters. The third-order valence-electron chi connectivity index (χ3n) is 2.68. The smallest absolute Gasteiger partial charge is 0.271 e. The van der Waals surface area contributed by atoms with Crippen LogP contribution in [0.2, 0.25) is 0 Å². The van der Waals surface area contributed by atoms with E-state index in [4.69, 9.17) is 5.14 Å². The van der Waals surface area contributed by atoms with Crippen LogP contribution >= 0.6 is 15.9 Å². The number of sulfonamides is 1. The van der Waals surface area contributed by atoms with Gasteiger partial charge in [0, 0.05) is 17.3 Å². The molecule has 0 spiro atoms. The Balaban J connectivity index is 2.17. The van der Waals surface area contributed by atoms with Crippen LogP contribution in [-0.2, 0) is 19.6 Å². The number of nitrogens with one attached hydrogen (secondary N) is 2. The summed E-state index contributed by atoms with van der Waals surface area (Å²) in [6.07, 6.45) is 0.433. The third kappa shape index (κ3) is 3.86. The van der Waals surface area contributed by atoms with Gasteiger partial charge in [0.1, 0.15) is 5.71 Å². The summed E-state index contributed by atoms with van der Waals surface area (Å²) in [5.74, 6) is -0.718. The number of amides is 2. The number of nitrogens with zero attached hydrogens (tertiary/aromatic N) is 1. The molecule has 10 heteroatoms. The lowest BCUT2D eigenvalue weighted by molar-refractivity contribution is -0.121. The highest BCUT2D eigenvalue weighted by atomic mass is 79.9. The Bertz CT molecular complexity index is 745. The first kappa shape index (κ1) is 15.6. The summed E-state index contributed by atoms with van der Waals surface area (Å²) in [5, 5.41) is 11.2. The number of benzene rings is 1. The van der Waals surface area contributed by atoms with Gasteiger partial charge in [-0.1, -0.05) is 0 Å². The van der Waals surface area contributed by atoms with E-state index in [1.54, 1.807) is 0 Å². The van der Waals surface area contributed by atoms with Crippen molar-refractivity contribution in [2.75, 3.05) is 5.32 Å². The first-order chi connectivity index (χ1) is 9.77. The molecule has 1 heterocycles. The average molecular weight is 375 g/mol. The molecule has 4 N–H and O–H groups in total. The van der Waals surface area contributed by atoms with Gasteiger partial charge in [-0.2, -0.15) is 5.10 Å². The molecule has 1 aromatic rings. The maximum atomic E-state index is 12.0. The standard InChI is InChI=1S/C11H11BrN4O4S/c12-7-5-6(21(13,19)20)1-2-8(7)14-11(18)9-3-4-10(17)16-15-9/h1-2,5H,3-4H2,(H,14,18)(H,16,17)(H2,13,19,20). The lowest BCUT2D eigenvalue weighted by atomic mass is 10.1. The molecule has 1 aliphatic rings. The number of carbonyl (C=O) groups is 2. The third-order valence-corrected chi connectivity index (χ3v) is 4.25. The van der Waals surface area contributed by atoms with Crippen molar-refractivity contribution < 1.29 is 18.0 Å². The van der Waals surface area contributed by atoms with Crippen molar-refractivity contribution in [2.45, 2.75) is 17.7 Å². The summed E-state index contributed by atoms with van der Waals surface area (Å²) >= 11 is 3.16. The molecule has 0 saturated carbocycles. The summed E-state index contributed by atoms with van der Waals surface area (Å²) < 4.78 is 22.8. The molecule has 0 aliphatic carbocycles. The second kappa shape index (κ2) is 5.92. The van der Waals surface area contributed by atoms with E-state index in [9.17, 15) is 18.0 Å². The molecule has 0 atom stereocenters. The van der Waals surface area contributed by atoms with Crippen molar-refractivity contribution in [3.8, 4) is 0 Å². The fourth-order valence-corrected chi connectivity index (χ4v) is 2.78. The van der Waals surface area contributed by atoms with Crippen LogP contribution in [0.5, 0.6) is 0 Å². The Kier molecular flexibility index (Phi) is 4.40. The first-order valence-corrected chi connectivity index (χ1v) is 8.10. The Morgan fingerprint density at radius 3 is 2.62 bits per heavy atom. The highest BCUT2D eigenvalue weighted by Crippen LogP contribution is 2.25. The number of hydrazone groups is 1. The highest BCUT2D eigenvalue weighted by Gasteiger charge is 2.19. The van der Waals surface area contributed by atoms with Gasteiger partial charge in [-0.15, -0.1) is 0 Å². The van der Waals surface area contributed by atoms with Crippen LogP contribution in [0.4, 0.5) is 5.69 Å². The molecule has 2 amide bonds. The molecule has 8 nitrogen and oxygen atoms in total. The zero-order valence-electron chi connectivity index (χ0n) is 10.6. The molecular formula is C11H11BrN4O4S. The number of carbonyl (C=O) groups excluding carboxylic acids is 2. The van der Waals surface area contributed by atoms with Gasteiger partial charge in [-0.05, 0) is 34.1 Å². The lowest BCUT2D eigenvalue weighted by Gasteiger charge is -2.13. The number of primary sulfonamides is 1. The van der Waals surface area contributed by atoms with Crippen LogP contribution in [-0.4, -0.2) is 25.9 Å². The van der Waals surface area contributed by atoms with Gasteiger partial charge >= 0.3 is 0 Å². The van der Waals surface area contributed by atoms with E-state index >= 15 is 0 Å². The van der Waals surface area contributed by atoms with E-state index in [1.165, 1.54) is 18.2 Å². The van der Waals surface area contributed by atoms with Crippen molar-refractivity contribution in [3.63, 3.8) is 0 Å². The van der Waals surface area contributed by atoms with E-state index in [2.05, 4.69) is 31.8 Å². The van der Waals surface area contributed by atoms with Crippen LogP contribution in [0.3, 0.4) is 0 Å². The molecule has 2 rings (SSSR count). The van der Waals surface area contributed by atoms with Crippen molar-refractivity contribution in [1.82, 2.24) is 5.43 Å². The normalized spacial score (nSPS) is 15.1.